The van der Waals surface area contributed by atoms with Crippen molar-refractivity contribution in [3.05, 3.63) is 64.7 Å². The summed E-state index contributed by atoms with van der Waals surface area (Å²) in [7, 11) is -3.71. The van der Waals surface area contributed by atoms with Gasteiger partial charge in [0.2, 0.25) is 15.9 Å². The maximum Gasteiger partial charge on any atom is 0.250 e. The molecule has 6 nitrogen and oxygen atoms in total. The van der Waals surface area contributed by atoms with E-state index < -0.39 is 15.9 Å². The van der Waals surface area contributed by atoms with Crippen LogP contribution in [0.5, 0.6) is 0 Å². The molecule has 1 fully saturated rings. The summed E-state index contributed by atoms with van der Waals surface area (Å²) >= 11 is 7.15. The van der Waals surface area contributed by atoms with Crippen LogP contribution < -0.4 is 4.72 Å². The van der Waals surface area contributed by atoms with Crippen molar-refractivity contribution in [1.82, 2.24) is 9.62 Å². The van der Waals surface area contributed by atoms with Crippen LogP contribution in [0.1, 0.15) is 17.5 Å². The summed E-state index contributed by atoms with van der Waals surface area (Å²) in [4.78, 5) is 14.4. The van der Waals surface area contributed by atoms with Crippen molar-refractivity contribution in [3.63, 3.8) is 0 Å². The fourth-order valence-electron chi connectivity index (χ4n) is 3.51. The van der Waals surface area contributed by atoms with Gasteiger partial charge in [-0.2, -0.15) is 5.26 Å². The zero-order valence-electron chi connectivity index (χ0n) is 15.8. The summed E-state index contributed by atoms with van der Waals surface area (Å²) in [6.45, 7) is 1.03. The van der Waals surface area contributed by atoms with Gasteiger partial charge in [-0.15, -0.1) is 11.3 Å². The number of halogens is 1. The first-order valence-corrected chi connectivity index (χ1v) is 12.0. The SMILES string of the molecule is N#Cc1cccc(CN2CC[C@@H](CNS(=O)(=O)c3cc4cc(Cl)ccc4s3)C2=O)c1. The van der Waals surface area contributed by atoms with Gasteiger partial charge in [0, 0.05) is 29.4 Å². The van der Waals surface area contributed by atoms with Crippen LogP contribution in [0.2, 0.25) is 5.02 Å². The highest BCUT2D eigenvalue weighted by atomic mass is 35.5. The highest BCUT2D eigenvalue weighted by molar-refractivity contribution is 7.91. The zero-order valence-corrected chi connectivity index (χ0v) is 18.2. The number of thiophene rings is 1. The Labute approximate surface area is 183 Å². The maximum atomic E-state index is 12.7. The molecule has 1 saturated heterocycles. The predicted octanol–water partition coefficient (Wildman–Crippen LogP) is 3.75. The second-order valence-electron chi connectivity index (χ2n) is 7.16. The second kappa shape index (κ2) is 8.36. The second-order valence-corrected chi connectivity index (χ2v) is 10.7. The molecule has 0 unspecified atom stereocenters. The first kappa shape index (κ1) is 20.8. The lowest BCUT2D eigenvalue weighted by molar-refractivity contribution is -0.131. The molecule has 1 aliphatic heterocycles. The van der Waals surface area contributed by atoms with Crippen molar-refractivity contribution in [2.24, 2.45) is 5.92 Å². The average molecular weight is 460 g/mol. The molecule has 3 aromatic rings. The molecular formula is C21H18ClN3O3S2. The Morgan fingerprint density at radius 2 is 2.07 bits per heavy atom. The van der Waals surface area contributed by atoms with Gasteiger partial charge in [0.25, 0.3) is 0 Å². The quantitative estimate of drug-likeness (QED) is 0.607. The third-order valence-corrected chi connectivity index (χ3v) is 8.33. The minimum absolute atomic E-state index is 0.0604. The van der Waals surface area contributed by atoms with Crippen LogP contribution in [0.3, 0.4) is 0 Å². The molecule has 1 N–H and O–H groups in total. The van der Waals surface area contributed by atoms with Gasteiger partial charge in [-0.25, -0.2) is 13.1 Å². The molecule has 1 amide bonds. The number of carbonyl (C=O) groups excluding carboxylic acids is 1. The summed E-state index contributed by atoms with van der Waals surface area (Å²) in [6.07, 6.45) is 0.585. The molecule has 0 saturated carbocycles. The lowest BCUT2D eigenvalue weighted by atomic mass is 10.1. The number of nitriles is 1. The van der Waals surface area contributed by atoms with Crippen LogP contribution in [-0.4, -0.2) is 32.3 Å². The maximum absolute atomic E-state index is 12.7. The van der Waals surface area contributed by atoms with E-state index in [1.807, 2.05) is 6.07 Å². The summed E-state index contributed by atoms with van der Waals surface area (Å²) in [6, 6.07) is 16.1. The van der Waals surface area contributed by atoms with Gasteiger partial charge in [0.15, 0.2) is 0 Å². The molecule has 1 aliphatic rings. The van der Waals surface area contributed by atoms with E-state index in [1.54, 1.807) is 47.4 Å². The first-order valence-electron chi connectivity index (χ1n) is 9.32. The number of amides is 1. The Bertz CT molecular complexity index is 1260. The Morgan fingerprint density at radius 3 is 2.87 bits per heavy atom. The van der Waals surface area contributed by atoms with Crippen molar-refractivity contribution in [3.8, 4) is 6.07 Å². The van der Waals surface area contributed by atoms with Crippen molar-refractivity contribution < 1.29 is 13.2 Å². The largest absolute Gasteiger partial charge is 0.338 e. The van der Waals surface area contributed by atoms with E-state index in [0.717, 1.165) is 15.6 Å². The Hall–Kier alpha value is -2.44. The fraction of sp³-hybridized carbons (Fsp3) is 0.238. The Balaban J connectivity index is 1.40. The van der Waals surface area contributed by atoms with E-state index in [1.165, 1.54) is 11.3 Å². The predicted molar refractivity (Wildman–Crippen MR) is 117 cm³/mol. The molecule has 0 aliphatic carbocycles. The number of nitrogens with zero attached hydrogens (tertiary/aromatic N) is 2. The standard InChI is InChI=1S/C21H18ClN3O3S2/c22-18-4-5-19-17(9-18)10-20(29-19)30(27,28)24-12-16-6-7-25(21(16)26)13-15-3-1-2-14(8-15)11-23/h1-5,8-10,16,24H,6-7,12-13H2/t16-/m0/s1. The molecule has 154 valence electrons. The van der Waals surface area contributed by atoms with Crippen molar-refractivity contribution >= 4 is 49.0 Å². The molecule has 0 spiro atoms. The molecular weight excluding hydrogens is 442 g/mol. The lowest BCUT2D eigenvalue weighted by Gasteiger charge is -2.17. The Morgan fingerprint density at radius 1 is 1.23 bits per heavy atom. The first-order chi connectivity index (χ1) is 14.4. The molecule has 1 atom stereocenters. The van der Waals surface area contributed by atoms with Gasteiger partial charge < -0.3 is 4.90 Å². The van der Waals surface area contributed by atoms with Gasteiger partial charge in [0.05, 0.1) is 17.6 Å². The minimum atomic E-state index is -3.71. The monoisotopic (exact) mass is 459 g/mol. The lowest BCUT2D eigenvalue weighted by Crippen LogP contribution is -2.34. The molecule has 1 aromatic heterocycles. The number of nitrogens with one attached hydrogen (secondary N) is 1. The number of benzene rings is 2. The van der Waals surface area contributed by atoms with Crippen LogP contribution in [0.15, 0.2) is 52.7 Å². The molecule has 2 aromatic carbocycles. The topological polar surface area (TPSA) is 90.3 Å². The number of rotatable bonds is 6. The molecule has 9 heteroatoms. The van der Waals surface area contributed by atoms with E-state index in [9.17, 15) is 13.2 Å². The fourth-order valence-corrected chi connectivity index (χ4v) is 6.20. The number of hydrogen-bond acceptors (Lipinski definition) is 5. The van der Waals surface area contributed by atoms with E-state index in [4.69, 9.17) is 16.9 Å². The van der Waals surface area contributed by atoms with Crippen molar-refractivity contribution in [2.75, 3.05) is 13.1 Å². The molecule has 2 heterocycles. The highest BCUT2D eigenvalue weighted by Crippen LogP contribution is 2.31. The third kappa shape index (κ3) is 4.35. The molecule has 30 heavy (non-hydrogen) atoms. The van der Waals surface area contributed by atoms with Crippen LogP contribution in [-0.2, 0) is 21.4 Å². The number of likely N-dealkylation sites (tertiary alicyclic amines) is 1. The van der Waals surface area contributed by atoms with E-state index >= 15 is 0 Å². The molecule has 0 bridgehead atoms. The smallest absolute Gasteiger partial charge is 0.250 e. The molecule has 0 radical (unpaired) electrons. The summed E-state index contributed by atoms with van der Waals surface area (Å²) in [5.41, 5.74) is 1.43. The van der Waals surface area contributed by atoms with Gasteiger partial charge in [-0.05, 0) is 53.8 Å². The van der Waals surface area contributed by atoms with E-state index in [-0.39, 0.29) is 16.7 Å². The van der Waals surface area contributed by atoms with Crippen molar-refractivity contribution in [2.45, 2.75) is 17.2 Å². The third-order valence-electron chi connectivity index (χ3n) is 5.08. The van der Waals surface area contributed by atoms with Crippen LogP contribution in [0.25, 0.3) is 10.1 Å². The van der Waals surface area contributed by atoms with E-state index in [0.29, 0.717) is 30.1 Å². The summed E-state index contributed by atoms with van der Waals surface area (Å²) in [5, 5.41) is 10.3. The van der Waals surface area contributed by atoms with Gasteiger partial charge in [-0.3, -0.25) is 4.79 Å². The number of carbonyl (C=O) groups is 1. The van der Waals surface area contributed by atoms with Gasteiger partial charge in [0.1, 0.15) is 4.21 Å². The highest BCUT2D eigenvalue weighted by Gasteiger charge is 2.32. The van der Waals surface area contributed by atoms with E-state index in [2.05, 4.69) is 10.8 Å². The summed E-state index contributed by atoms with van der Waals surface area (Å²) < 4.78 is 29.0. The van der Waals surface area contributed by atoms with Gasteiger partial charge in [-0.1, -0.05) is 23.7 Å². The Kier molecular flexibility index (Phi) is 5.80. The normalized spacial score (nSPS) is 16.9. The van der Waals surface area contributed by atoms with Gasteiger partial charge >= 0.3 is 0 Å². The zero-order chi connectivity index (χ0) is 21.3. The number of hydrogen-bond donors (Lipinski definition) is 1. The summed E-state index contributed by atoms with van der Waals surface area (Å²) in [5.74, 6) is -0.481. The van der Waals surface area contributed by atoms with Crippen LogP contribution >= 0.6 is 22.9 Å². The minimum Gasteiger partial charge on any atom is -0.338 e. The van der Waals surface area contributed by atoms with Crippen LogP contribution in [0.4, 0.5) is 0 Å². The molecule has 4 rings (SSSR count). The average Bonchev–Trinajstić information content (AvgIpc) is 3.31. The number of sulfonamides is 1. The van der Waals surface area contributed by atoms with Crippen molar-refractivity contribution in [1.29, 1.82) is 5.26 Å². The number of fused-ring (bicyclic) bond motifs is 1. The van der Waals surface area contributed by atoms with Crippen LogP contribution in [0, 0.1) is 17.2 Å².